The van der Waals surface area contributed by atoms with Crippen molar-refractivity contribution in [2.75, 3.05) is 6.54 Å². The van der Waals surface area contributed by atoms with Gasteiger partial charge in [-0.2, -0.15) is 0 Å². The van der Waals surface area contributed by atoms with Crippen molar-refractivity contribution in [2.45, 2.75) is 12.6 Å². The molecule has 70 valence electrons. The highest BCUT2D eigenvalue weighted by Crippen LogP contribution is 1.97. The standard InChI is InChI=1S/C11H16N2/c1-2-11(12)13-9-8-10-6-4-3-5-7-10/h2-7,11,13H,1,8-9,12H2. The van der Waals surface area contributed by atoms with Crippen molar-refractivity contribution in [3.05, 3.63) is 48.6 Å². The van der Waals surface area contributed by atoms with Crippen molar-refractivity contribution < 1.29 is 0 Å². The lowest BCUT2D eigenvalue weighted by Gasteiger charge is -2.08. The highest BCUT2D eigenvalue weighted by molar-refractivity contribution is 5.14. The summed E-state index contributed by atoms with van der Waals surface area (Å²) in [4.78, 5) is 0. The fourth-order valence-electron chi connectivity index (χ4n) is 1.11. The fourth-order valence-corrected chi connectivity index (χ4v) is 1.11. The van der Waals surface area contributed by atoms with Crippen LogP contribution in [-0.4, -0.2) is 12.7 Å². The normalized spacial score (nSPS) is 12.4. The van der Waals surface area contributed by atoms with Crippen molar-refractivity contribution in [1.82, 2.24) is 5.32 Å². The highest BCUT2D eigenvalue weighted by atomic mass is 15.0. The maximum Gasteiger partial charge on any atom is 0.0736 e. The molecule has 0 bridgehead atoms. The zero-order chi connectivity index (χ0) is 9.52. The van der Waals surface area contributed by atoms with Crippen LogP contribution in [0.15, 0.2) is 43.0 Å². The lowest BCUT2D eigenvalue weighted by Crippen LogP contribution is -2.36. The van der Waals surface area contributed by atoms with Crippen LogP contribution in [0.3, 0.4) is 0 Å². The first kappa shape index (κ1) is 9.96. The first-order valence-electron chi connectivity index (χ1n) is 4.48. The van der Waals surface area contributed by atoms with Crippen molar-refractivity contribution in [2.24, 2.45) is 5.73 Å². The van der Waals surface area contributed by atoms with Crippen molar-refractivity contribution >= 4 is 0 Å². The smallest absolute Gasteiger partial charge is 0.0736 e. The molecule has 1 atom stereocenters. The summed E-state index contributed by atoms with van der Waals surface area (Å²) in [6, 6.07) is 10.3. The topological polar surface area (TPSA) is 38.0 Å². The van der Waals surface area contributed by atoms with Crippen LogP contribution in [-0.2, 0) is 6.42 Å². The summed E-state index contributed by atoms with van der Waals surface area (Å²) in [7, 11) is 0. The zero-order valence-electron chi connectivity index (χ0n) is 7.74. The van der Waals surface area contributed by atoms with Crippen LogP contribution >= 0.6 is 0 Å². The van der Waals surface area contributed by atoms with Gasteiger partial charge in [-0.1, -0.05) is 36.4 Å². The molecule has 0 radical (unpaired) electrons. The first-order valence-corrected chi connectivity index (χ1v) is 4.48. The lowest BCUT2D eigenvalue weighted by molar-refractivity contribution is 0.613. The molecule has 0 aliphatic rings. The molecule has 1 rings (SSSR count). The lowest BCUT2D eigenvalue weighted by atomic mass is 10.1. The van der Waals surface area contributed by atoms with Crippen LogP contribution in [0.5, 0.6) is 0 Å². The second-order valence-corrected chi connectivity index (χ2v) is 2.95. The van der Waals surface area contributed by atoms with E-state index in [1.165, 1.54) is 5.56 Å². The van der Waals surface area contributed by atoms with E-state index in [0.717, 1.165) is 13.0 Å². The van der Waals surface area contributed by atoms with Crippen LogP contribution in [0.25, 0.3) is 0 Å². The van der Waals surface area contributed by atoms with E-state index < -0.39 is 0 Å². The van der Waals surface area contributed by atoms with Gasteiger partial charge in [0.1, 0.15) is 0 Å². The largest absolute Gasteiger partial charge is 0.313 e. The van der Waals surface area contributed by atoms with Crippen LogP contribution < -0.4 is 11.1 Å². The van der Waals surface area contributed by atoms with Gasteiger partial charge in [0, 0.05) is 6.54 Å². The van der Waals surface area contributed by atoms with Gasteiger partial charge in [0.2, 0.25) is 0 Å². The van der Waals surface area contributed by atoms with E-state index in [-0.39, 0.29) is 6.17 Å². The van der Waals surface area contributed by atoms with E-state index in [1.54, 1.807) is 6.08 Å². The Morgan fingerprint density at radius 1 is 1.38 bits per heavy atom. The van der Waals surface area contributed by atoms with E-state index >= 15 is 0 Å². The van der Waals surface area contributed by atoms with E-state index in [0.29, 0.717) is 0 Å². The molecule has 1 unspecified atom stereocenters. The molecule has 1 aromatic carbocycles. The van der Waals surface area contributed by atoms with Gasteiger partial charge in [0.15, 0.2) is 0 Å². The summed E-state index contributed by atoms with van der Waals surface area (Å²) < 4.78 is 0. The van der Waals surface area contributed by atoms with Crippen molar-refractivity contribution in [1.29, 1.82) is 0 Å². The Morgan fingerprint density at radius 2 is 2.08 bits per heavy atom. The molecule has 0 saturated heterocycles. The van der Waals surface area contributed by atoms with Crippen LogP contribution in [0.1, 0.15) is 5.56 Å². The van der Waals surface area contributed by atoms with Gasteiger partial charge >= 0.3 is 0 Å². The molecule has 0 fully saturated rings. The first-order chi connectivity index (χ1) is 6.33. The summed E-state index contributed by atoms with van der Waals surface area (Å²) in [6.45, 7) is 4.48. The van der Waals surface area contributed by atoms with Crippen LogP contribution in [0.4, 0.5) is 0 Å². The molecule has 0 aliphatic carbocycles. The fraction of sp³-hybridized carbons (Fsp3) is 0.273. The molecule has 1 aromatic rings. The Bertz CT molecular complexity index is 244. The summed E-state index contributed by atoms with van der Waals surface area (Å²) in [5.41, 5.74) is 6.93. The van der Waals surface area contributed by atoms with Gasteiger partial charge < -0.3 is 5.73 Å². The van der Waals surface area contributed by atoms with E-state index in [4.69, 9.17) is 5.73 Å². The number of nitrogens with one attached hydrogen (secondary N) is 1. The number of nitrogens with two attached hydrogens (primary N) is 1. The molecule has 0 amide bonds. The molecule has 0 aromatic heterocycles. The average molecular weight is 176 g/mol. The predicted octanol–water partition coefficient (Wildman–Crippen LogP) is 1.29. The van der Waals surface area contributed by atoms with Crippen LogP contribution in [0, 0.1) is 0 Å². The summed E-state index contributed by atoms with van der Waals surface area (Å²) in [6.07, 6.45) is 2.61. The minimum absolute atomic E-state index is 0.0938. The van der Waals surface area contributed by atoms with E-state index in [9.17, 15) is 0 Å². The monoisotopic (exact) mass is 176 g/mol. The van der Waals surface area contributed by atoms with Crippen molar-refractivity contribution in [3.8, 4) is 0 Å². The Balaban J connectivity index is 2.24. The molecule has 3 N–H and O–H groups in total. The second kappa shape index (κ2) is 5.51. The summed E-state index contributed by atoms with van der Waals surface area (Å²) >= 11 is 0. The quantitative estimate of drug-likeness (QED) is 0.524. The van der Waals surface area contributed by atoms with Gasteiger partial charge in [-0.05, 0) is 12.0 Å². The van der Waals surface area contributed by atoms with Gasteiger partial charge in [-0.25, -0.2) is 0 Å². The molecule has 0 heterocycles. The maximum absolute atomic E-state index is 5.61. The van der Waals surface area contributed by atoms with Crippen molar-refractivity contribution in [3.63, 3.8) is 0 Å². The Morgan fingerprint density at radius 3 is 2.69 bits per heavy atom. The summed E-state index contributed by atoms with van der Waals surface area (Å²) in [5, 5.41) is 3.14. The zero-order valence-corrected chi connectivity index (χ0v) is 7.74. The van der Waals surface area contributed by atoms with Gasteiger partial charge in [0.25, 0.3) is 0 Å². The third-order valence-electron chi connectivity index (χ3n) is 1.89. The molecule has 0 saturated carbocycles. The summed E-state index contributed by atoms with van der Waals surface area (Å²) in [5.74, 6) is 0. The number of hydrogen-bond acceptors (Lipinski definition) is 2. The minimum atomic E-state index is -0.0938. The Kier molecular flexibility index (Phi) is 4.23. The van der Waals surface area contributed by atoms with Gasteiger partial charge in [-0.3, -0.25) is 5.32 Å². The van der Waals surface area contributed by atoms with E-state index in [1.807, 2.05) is 18.2 Å². The molecule has 0 spiro atoms. The van der Waals surface area contributed by atoms with Crippen LogP contribution in [0.2, 0.25) is 0 Å². The maximum atomic E-state index is 5.61. The Labute approximate surface area is 79.5 Å². The second-order valence-electron chi connectivity index (χ2n) is 2.95. The molecular weight excluding hydrogens is 160 g/mol. The third-order valence-corrected chi connectivity index (χ3v) is 1.89. The SMILES string of the molecule is C=CC(N)NCCc1ccccc1. The molecule has 2 nitrogen and oxygen atoms in total. The van der Waals surface area contributed by atoms with Gasteiger partial charge in [-0.15, -0.1) is 6.58 Å². The number of hydrogen-bond donors (Lipinski definition) is 2. The third kappa shape index (κ3) is 3.87. The predicted molar refractivity (Wildman–Crippen MR) is 56.3 cm³/mol. The molecule has 2 heteroatoms. The molecular formula is C11H16N2. The number of rotatable bonds is 5. The van der Waals surface area contributed by atoms with E-state index in [2.05, 4.69) is 24.0 Å². The highest BCUT2D eigenvalue weighted by Gasteiger charge is 1.94. The van der Waals surface area contributed by atoms with Gasteiger partial charge in [0.05, 0.1) is 6.17 Å². The molecule has 0 aliphatic heterocycles. The average Bonchev–Trinajstić information content (AvgIpc) is 2.19. The molecule has 13 heavy (non-hydrogen) atoms. The minimum Gasteiger partial charge on any atom is -0.313 e. The Hall–Kier alpha value is -1.12. The number of benzene rings is 1.